The lowest BCUT2D eigenvalue weighted by molar-refractivity contribution is -0.128. The quantitative estimate of drug-likeness (QED) is 0.574. The van der Waals surface area contributed by atoms with Gasteiger partial charge in [0.1, 0.15) is 0 Å². The second-order valence-corrected chi connectivity index (χ2v) is 2.46. The minimum Gasteiger partial charge on any atom is -0.304 e. The molecule has 0 saturated heterocycles. The Morgan fingerprint density at radius 1 is 1.56 bits per heavy atom. The smallest absolute Gasteiger partial charge is 0.248 e. The van der Waals surface area contributed by atoms with E-state index in [0.29, 0.717) is 0 Å². The van der Waals surface area contributed by atoms with Gasteiger partial charge in [-0.1, -0.05) is 0 Å². The predicted octanol–water partition coefficient (Wildman–Crippen LogP) is 0.922. The second-order valence-electron chi connectivity index (χ2n) is 2.46. The van der Waals surface area contributed by atoms with Crippen molar-refractivity contribution in [3.8, 4) is 0 Å². The first kappa shape index (κ1) is 6.89. The van der Waals surface area contributed by atoms with Crippen molar-refractivity contribution in [2.45, 2.75) is 18.8 Å². The first-order valence-corrected chi connectivity index (χ1v) is 2.83. The minimum atomic E-state index is -2.44. The Morgan fingerprint density at radius 3 is 2.44 bits per heavy atom. The summed E-state index contributed by atoms with van der Waals surface area (Å²) in [5.74, 6) is 2.22. The highest BCUT2D eigenvalue weighted by molar-refractivity contribution is 4.85. The molecule has 0 radical (unpaired) electrons. The summed E-state index contributed by atoms with van der Waals surface area (Å²) in [4.78, 5) is 4.21. The summed E-state index contributed by atoms with van der Waals surface area (Å²) in [5.41, 5.74) is 0. The average Bonchev–Trinajstić information content (AvgIpc) is 1.62. The molecule has 0 heterocycles. The van der Waals surface area contributed by atoms with Gasteiger partial charge in [0.25, 0.3) is 0 Å². The SMILES string of the molecule is NOCC1CC(F)(F)C1. The van der Waals surface area contributed by atoms with E-state index in [1.54, 1.807) is 0 Å². The molecule has 0 aliphatic heterocycles. The van der Waals surface area contributed by atoms with Crippen LogP contribution < -0.4 is 5.90 Å². The average molecular weight is 137 g/mol. The highest BCUT2D eigenvalue weighted by Gasteiger charge is 2.45. The summed E-state index contributed by atoms with van der Waals surface area (Å²) < 4.78 is 24.0. The molecule has 0 amide bonds. The van der Waals surface area contributed by atoms with Crippen molar-refractivity contribution in [1.82, 2.24) is 0 Å². The summed E-state index contributed by atoms with van der Waals surface area (Å²) in [6, 6.07) is 0. The van der Waals surface area contributed by atoms with Gasteiger partial charge in [-0.25, -0.2) is 14.7 Å². The molecule has 1 aliphatic rings. The van der Waals surface area contributed by atoms with Crippen LogP contribution in [0.15, 0.2) is 0 Å². The van der Waals surface area contributed by atoms with E-state index in [1.165, 1.54) is 0 Å². The van der Waals surface area contributed by atoms with Crippen LogP contribution in [0, 0.1) is 5.92 Å². The number of halogens is 2. The van der Waals surface area contributed by atoms with Gasteiger partial charge in [-0.05, 0) is 5.92 Å². The molecule has 54 valence electrons. The van der Waals surface area contributed by atoms with Crippen molar-refractivity contribution in [1.29, 1.82) is 0 Å². The largest absolute Gasteiger partial charge is 0.304 e. The van der Waals surface area contributed by atoms with E-state index >= 15 is 0 Å². The Bertz CT molecular complexity index is 99.1. The Labute approximate surface area is 51.9 Å². The standard InChI is InChI=1S/C5H9F2NO/c6-5(7)1-4(2-5)3-9-8/h4H,1-3,8H2. The summed E-state index contributed by atoms with van der Waals surface area (Å²) in [5, 5.41) is 0. The number of hydrogen-bond donors (Lipinski definition) is 1. The molecule has 0 bridgehead atoms. The maximum absolute atomic E-state index is 12.0. The summed E-state index contributed by atoms with van der Waals surface area (Å²) in [7, 11) is 0. The Hall–Kier alpha value is -0.220. The van der Waals surface area contributed by atoms with Gasteiger partial charge >= 0.3 is 0 Å². The maximum Gasteiger partial charge on any atom is 0.248 e. The summed E-state index contributed by atoms with van der Waals surface area (Å²) in [6.45, 7) is 0.260. The zero-order chi connectivity index (χ0) is 6.91. The van der Waals surface area contributed by atoms with E-state index in [9.17, 15) is 8.78 Å². The predicted molar refractivity (Wildman–Crippen MR) is 27.8 cm³/mol. The van der Waals surface area contributed by atoms with E-state index in [4.69, 9.17) is 0 Å². The molecule has 2 nitrogen and oxygen atoms in total. The second kappa shape index (κ2) is 2.19. The molecule has 0 spiro atoms. The number of hydrogen-bond acceptors (Lipinski definition) is 2. The lowest BCUT2D eigenvalue weighted by atomic mass is 9.82. The molecule has 0 atom stereocenters. The fourth-order valence-corrected chi connectivity index (χ4v) is 1.04. The van der Waals surface area contributed by atoms with Crippen LogP contribution in [0.25, 0.3) is 0 Å². The Morgan fingerprint density at radius 2 is 2.11 bits per heavy atom. The number of rotatable bonds is 2. The highest BCUT2D eigenvalue weighted by atomic mass is 19.3. The van der Waals surface area contributed by atoms with Gasteiger partial charge in [0, 0.05) is 12.8 Å². The molecule has 0 aromatic carbocycles. The molecule has 1 saturated carbocycles. The molecule has 1 fully saturated rings. The van der Waals surface area contributed by atoms with Crippen molar-refractivity contribution in [2.24, 2.45) is 11.8 Å². The van der Waals surface area contributed by atoms with Crippen LogP contribution in [0.5, 0.6) is 0 Å². The monoisotopic (exact) mass is 137 g/mol. The maximum atomic E-state index is 12.0. The topological polar surface area (TPSA) is 35.2 Å². The van der Waals surface area contributed by atoms with Gasteiger partial charge < -0.3 is 4.84 Å². The summed E-state index contributed by atoms with van der Waals surface area (Å²) >= 11 is 0. The molecule has 1 aliphatic carbocycles. The molecule has 4 heteroatoms. The van der Waals surface area contributed by atoms with E-state index < -0.39 is 5.92 Å². The molecule has 0 aromatic rings. The van der Waals surface area contributed by atoms with E-state index in [2.05, 4.69) is 10.7 Å². The zero-order valence-electron chi connectivity index (χ0n) is 4.94. The molecule has 2 N–H and O–H groups in total. The van der Waals surface area contributed by atoms with Gasteiger partial charge in [-0.2, -0.15) is 0 Å². The summed E-state index contributed by atoms with van der Waals surface area (Å²) in [6.07, 6.45) is -0.131. The first-order valence-electron chi connectivity index (χ1n) is 2.83. The first-order chi connectivity index (χ1) is 4.14. The van der Waals surface area contributed by atoms with Crippen molar-refractivity contribution in [3.05, 3.63) is 0 Å². The van der Waals surface area contributed by atoms with Crippen LogP contribution in [0.3, 0.4) is 0 Å². The van der Waals surface area contributed by atoms with Gasteiger partial charge in [0.2, 0.25) is 5.92 Å². The molecule has 1 rings (SSSR count). The van der Waals surface area contributed by atoms with Crippen molar-refractivity contribution in [2.75, 3.05) is 6.61 Å². The van der Waals surface area contributed by atoms with Gasteiger partial charge in [0.05, 0.1) is 6.61 Å². The van der Waals surface area contributed by atoms with E-state index in [1.807, 2.05) is 0 Å². The van der Waals surface area contributed by atoms with Crippen LogP contribution in [0.2, 0.25) is 0 Å². The third kappa shape index (κ3) is 1.59. The zero-order valence-corrected chi connectivity index (χ0v) is 4.94. The Kier molecular flexibility index (Phi) is 1.68. The Balaban J connectivity index is 2.12. The molecule has 9 heavy (non-hydrogen) atoms. The van der Waals surface area contributed by atoms with Crippen molar-refractivity contribution in [3.63, 3.8) is 0 Å². The third-order valence-corrected chi connectivity index (χ3v) is 1.51. The van der Waals surface area contributed by atoms with Crippen molar-refractivity contribution < 1.29 is 13.6 Å². The van der Waals surface area contributed by atoms with Crippen molar-refractivity contribution >= 4 is 0 Å². The number of alkyl halides is 2. The van der Waals surface area contributed by atoms with Crippen LogP contribution in [-0.4, -0.2) is 12.5 Å². The fourth-order valence-electron chi connectivity index (χ4n) is 1.04. The molecular formula is C5H9F2NO. The van der Waals surface area contributed by atoms with Gasteiger partial charge in [-0.15, -0.1) is 0 Å². The van der Waals surface area contributed by atoms with Gasteiger partial charge in [-0.3, -0.25) is 0 Å². The van der Waals surface area contributed by atoms with Crippen LogP contribution >= 0.6 is 0 Å². The lowest BCUT2D eigenvalue weighted by Gasteiger charge is -2.33. The van der Waals surface area contributed by atoms with E-state index in [0.717, 1.165) is 0 Å². The third-order valence-electron chi connectivity index (χ3n) is 1.51. The normalized spacial score (nSPS) is 25.7. The molecule has 0 aromatic heterocycles. The molecule has 0 unspecified atom stereocenters. The van der Waals surface area contributed by atoms with Gasteiger partial charge in [0.15, 0.2) is 0 Å². The molecular weight excluding hydrogens is 128 g/mol. The van der Waals surface area contributed by atoms with Crippen LogP contribution in [0.4, 0.5) is 8.78 Å². The minimum absolute atomic E-state index is 0.0231. The highest BCUT2D eigenvalue weighted by Crippen LogP contribution is 2.42. The number of nitrogens with two attached hydrogens (primary N) is 1. The van der Waals surface area contributed by atoms with Crippen LogP contribution in [-0.2, 0) is 4.84 Å². The lowest BCUT2D eigenvalue weighted by Crippen LogP contribution is -2.38. The van der Waals surface area contributed by atoms with Crippen LogP contribution in [0.1, 0.15) is 12.8 Å². The van der Waals surface area contributed by atoms with E-state index in [-0.39, 0.29) is 25.4 Å². The fraction of sp³-hybridized carbons (Fsp3) is 1.00.